The lowest BCUT2D eigenvalue weighted by molar-refractivity contribution is -0.135. The predicted octanol–water partition coefficient (Wildman–Crippen LogP) is 1.61. The number of hydrogen-bond donors (Lipinski definition) is 1. The normalized spacial score (nSPS) is 25.3. The summed E-state index contributed by atoms with van der Waals surface area (Å²) in [7, 11) is 0. The van der Waals surface area contributed by atoms with Crippen molar-refractivity contribution in [2.24, 2.45) is 17.6 Å². The molecule has 2 atom stereocenters. The van der Waals surface area contributed by atoms with Crippen LogP contribution in [0.25, 0.3) is 0 Å². The fourth-order valence-corrected chi connectivity index (χ4v) is 3.08. The van der Waals surface area contributed by atoms with Crippen LogP contribution >= 0.6 is 0 Å². The van der Waals surface area contributed by atoms with Gasteiger partial charge in [0.05, 0.1) is 6.61 Å². The van der Waals surface area contributed by atoms with Crippen molar-refractivity contribution in [2.75, 3.05) is 32.8 Å². The van der Waals surface area contributed by atoms with Crippen LogP contribution in [0.5, 0.6) is 0 Å². The lowest BCUT2D eigenvalue weighted by Crippen LogP contribution is -2.33. The van der Waals surface area contributed by atoms with Gasteiger partial charge in [-0.2, -0.15) is 0 Å². The minimum atomic E-state index is 0.104. The van der Waals surface area contributed by atoms with E-state index in [0.717, 1.165) is 19.7 Å². The number of amides is 1. The average Bonchev–Trinajstić information content (AvgIpc) is 3.24. The van der Waals surface area contributed by atoms with Crippen molar-refractivity contribution >= 4 is 5.91 Å². The van der Waals surface area contributed by atoms with Crippen molar-refractivity contribution in [1.82, 2.24) is 4.90 Å². The second-order valence-corrected chi connectivity index (χ2v) is 6.27. The number of carbonyl (C=O) groups is 1. The first-order chi connectivity index (χ1) is 10.3. The third-order valence-corrected chi connectivity index (χ3v) is 4.60. The number of carbonyl (C=O) groups excluding carboxylic acids is 1. The van der Waals surface area contributed by atoms with Gasteiger partial charge < -0.3 is 15.4 Å². The molecule has 1 heterocycles. The fraction of sp³-hybridized carbons (Fsp3) is 0.588. The third kappa shape index (κ3) is 3.63. The molecule has 1 saturated heterocycles. The molecule has 3 rings (SSSR count). The van der Waals surface area contributed by atoms with E-state index in [-0.39, 0.29) is 12.5 Å². The van der Waals surface area contributed by atoms with Gasteiger partial charge in [0.25, 0.3) is 0 Å². The van der Waals surface area contributed by atoms with Crippen LogP contribution in [0.4, 0.5) is 0 Å². The maximum Gasteiger partial charge on any atom is 0.248 e. The summed E-state index contributed by atoms with van der Waals surface area (Å²) in [5.41, 5.74) is 7.18. The van der Waals surface area contributed by atoms with Crippen LogP contribution in [0.2, 0.25) is 0 Å². The molecule has 1 aliphatic heterocycles. The van der Waals surface area contributed by atoms with E-state index in [1.165, 1.54) is 18.4 Å². The van der Waals surface area contributed by atoms with E-state index in [2.05, 4.69) is 12.1 Å². The SMILES string of the molecule is NC[C@@H]1CN(C(=O)COCC2CC2)C[C@H]1c1ccccc1. The zero-order valence-corrected chi connectivity index (χ0v) is 12.4. The number of rotatable bonds is 6. The number of ether oxygens (including phenoxy) is 1. The zero-order chi connectivity index (χ0) is 14.7. The molecule has 2 fully saturated rings. The highest BCUT2D eigenvalue weighted by molar-refractivity contribution is 5.78. The topological polar surface area (TPSA) is 55.6 Å². The molecule has 2 N–H and O–H groups in total. The van der Waals surface area contributed by atoms with E-state index in [4.69, 9.17) is 10.5 Å². The molecule has 1 amide bonds. The summed E-state index contributed by atoms with van der Waals surface area (Å²) in [5.74, 6) is 1.50. The van der Waals surface area contributed by atoms with Gasteiger partial charge in [0.2, 0.25) is 5.91 Å². The molecule has 0 unspecified atom stereocenters. The standard InChI is InChI=1S/C17H24N2O2/c18-8-15-9-19(17(20)12-21-11-13-6-7-13)10-16(15)14-4-2-1-3-5-14/h1-5,13,15-16H,6-12,18H2/t15-,16+/m1/s1. The van der Waals surface area contributed by atoms with Gasteiger partial charge in [-0.15, -0.1) is 0 Å². The maximum atomic E-state index is 12.2. The van der Waals surface area contributed by atoms with Gasteiger partial charge in [-0.25, -0.2) is 0 Å². The summed E-state index contributed by atoms with van der Waals surface area (Å²) in [5, 5.41) is 0. The highest BCUT2D eigenvalue weighted by Gasteiger charge is 2.35. The Morgan fingerprint density at radius 3 is 2.67 bits per heavy atom. The van der Waals surface area contributed by atoms with Crippen molar-refractivity contribution < 1.29 is 9.53 Å². The molecule has 0 radical (unpaired) electrons. The van der Waals surface area contributed by atoms with E-state index < -0.39 is 0 Å². The summed E-state index contributed by atoms with van der Waals surface area (Å²) >= 11 is 0. The first-order valence-electron chi connectivity index (χ1n) is 7.88. The van der Waals surface area contributed by atoms with Gasteiger partial charge >= 0.3 is 0 Å². The highest BCUT2D eigenvalue weighted by atomic mass is 16.5. The summed E-state index contributed by atoms with van der Waals surface area (Å²) in [6.07, 6.45) is 2.51. The Kier molecular flexibility index (Phi) is 4.56. The Morgan fingerprint density at radius 1 is 1.24 bits per heavy atom. The molecule has 1 aromatic carbocycles. The van der Waals surface area contributed by atoms with Crippen LogP contribution in [0, 0.1) is 11.8 Å². The van der Waals surface area contributed by atoms with Gasteiger partial charge in [-0.3, -0.25) is 4.79 Å². The van der Waals surface area contributed by atoms with E-state index in [0.29, 0.717) is 24.3 Å². The lowest BCUT2D eigenvalue weighted by Gasteiger charge is -2.17. The Hall–Kier alpha value is -1.39. The van der Waals surface area contributed by atoms with Crippen LogP contribution in [0.1, 0.15) is 24.3 Å². The minimum absolute atomic E-state index is 0.104. The average molecular weight is 288 g/mol. The zero-order valence-electron chi connectivity index (χ0n) is 12.4. The Labute approximate surface area is 126 Å². The molecule has 1 saturated carbocycles. The van der Waals surface area contributed by atoms with Gasteiger partial charge in [0.15, 0.2) is 0 Å². The van der Waals surface area contributed by atoms with E-state index >= 15 is 0 Å². The van der Waals surface area contributed by atoms with E-state index in [1.54, 1.807) is 0 Å². The first kappa shape index (κ1) is 14.5. The van der Waals surface area contributed by atoms with Gasteiger partial charge in [0, 0.05) is 19.0 Å². The molecular formula is C17H24N2O2. The molecule has 4 heteroatoms. The molecule has 114 valence electrons. The van der Waals surface area contributed by atoms with Crippen LogP contribution in [0.3, 0.4) is 0 Å². The summed E-state index contributed by atoms with van der Waals surface area (Å²) in [6, 6.07) is 10.4. The molecule has 2 aliphatic rings. The molecule has 0 bridgehead atoms. The third-order valence-electron chi connectivity index (χ3n) is 4.60. The smallest absolute Gasteiger partial charge is 0.248 e. The largest absolute Gasteiger partial charge is 0.371 e. The first-order valence-corrected chi connectivity index (χ1v) is 7.88. The molecule has 4 nitrogen and oxygen atoms in total. The molecule has 0 spiro atoms. The molecule has 1 aliphatic carbocycles. The fourth-order valence-electron chi connectivity index (χ4n) is 3.08. The van der Waals surface area contributed by atoms with Gasteiger partial charge in [-0.1, -0.05) is 30.3 Å². The van der Waals surface area contributed by atoms with Gasteiger partial charge in [-0.05, 0) is 36.8 Å². The molecule has 1 aromatic rings. The van der Waals surface area contributed by atoms with Crippen molar-refractivity contribution in [3.8, 4) is 0 Å². The van der Waals surface area contributed by atoms with E-state index in [9.17, 15) is 4.79 Å². The van der Waals surface area contributed by atoms with Crippen LogP contribution in [-0.2, 0) is 9.53 Å². The highest BCUT2D eigenvalue weighted by Crippen LogP contribution is 2.32. The Morgan fingerprint density at radius 2 is 2.00 bits per heavy atom. The van der Waals surface area contributed by atoms with Crippen molar-refractivity contribution in [3.63, 3.8) is 0 Å². The van der Waals surface area contributed by atoms with E-state index in [1.807, 2.05) is 23.1 Å². The number of benzene rings is 1. The molecule has 21 heavy (non-hydrogen) atoms. The van der Waals surface area contributed by atoms with Crippen LogP contribution in [0.15, 0.2) is 30.3 Å². The monoisotopic (exact) mass is 288 g/mol. The second-order valence-electron chi connectivity index (χ2n) is 6.27. The van der Waals surface area contributed by atoms with Crippen molar-refractivity contribution in [2.45, 2.75) is 18.8 Å². The Bertz CT molecular complexity index is 473. The predicted molar refractivity (Wildman–Crippen MR) is 81.9 cm³/mol. The second kappa shape index (κ2) is 6.58. The van der Waals surface area contributed by atoms with Crippen molar-refractivity contribution in [1.29, 1.82) is 0 Å². The molecule has 0 aromatic heterocycles. The Balaban J connectivity index is 1.56. The lowest BCUT2D eigenvalue weighted by atomic mass is 9.89. The number of likely N-dealkylation sites (tertiary alicyclic amines) is 1. The minimum Gasteiger partial charge on any atom is -0.371 e. The van der Waals surface area contributed by atoms with Gasteiger partial charge in [0.1, 0.15) is 6.61 Å². The van der Waals surface area contributed by atoms with Crippen LogP contribution in [-0.4, -0.2) is 43.7 Å². The quantitative estimate of drug-likeness (QED) is 0.865. The number of nitrogens with zero attached hydrogens (tertiary/aromatic N) is 1. The number of hydrogen-bond acceptors (Lipinski definition) is 3. The summed E-state index contributed by atoms with van der Waals surface area (Å²) in [4.78, 5) is 14.2. The van der Waals surface area contributed by atoms with Crippen LogP contribution < -0.4 is 5.73 Å². The maximum absolute atomic E-state index is 12.2. The summed E-state index contributed by atoms with van der Waals surface area (Å²) < 4.78 is 5.52. The summed E-state index contributed by atoms with van der Waals surface area (Å²) in [6.45, 7) is 3.09. The molecular weight excluding hydrogens is 264 g/mol. The van der Waals surface area contributed by atoms with Crippen molar-refractivity contribution in [3.05, 3.63) is 35.9 Å². The number of nitrogens with two attached hydrogens (primary N) is 1.